The SMILES string of the molecule is c1ccc(-c2ccc3c4cc5ccccc5cc4n(-c4cc(-c5nc(-c6ccccc6)nc(-c6ccccc6)n5)cc5oc6ccccc6c45)c3c2)cc1. The summed E-state index contributed by atoms with van der Waals surface area (Å²) in [5.41, 5.74) is 9.81. The van der Waals surface area contributed by atoms with E-state index in [1.807, 2.05) is 72.8 Å². The Morgan fingerprint density at radius 1 is 0.352 bits per heavy atom. The first-order valence-electron chi connectivity index (χ1n) is 18.1. The molecule has 252 valence electrons. The molecule has 8 aromatic carbocycles. The Hall–Kier alpha value is -7.37. The lowest BCUT2D eigenvalue weighted by atomic mass is 10.0. The molecule has 0 radical (unpaired) electrons. The van der Waals surface area contributed by atoms with Gasteiger partial charge < -0.3 is 8.98 Å². The van der Waals surface area contributed by atoms with Crippen LogP contribution in [0.25, 0.3) is 105 Å². The van der Waals surface area contributed by atoms with E-state index in [1.165, 1.54) is 27.1 Å². The first kappa shape index (κ1) is 30.3. The highest BCUT2D eigenvalue weighted by molar-refractivity contribution is 6.17. The second kappa shape index (κ2) is 12.1. The van der Waals surface area contributed by atoms with E-state index in [0.29, 0.717) is 17.5 Å². The quantitative estimate of drug-likeness (QED) is 0.180. The second-order valence-electron chi connectivity index (χ2n) is 13.7. The number of aromatic nitrogens is 4. The molecule has 3 heterocycles. The van der Waals surface area contributed by atoms with E-state index in [9.17, 15) is 0 Å². The smallest absolute Gasteiger partial charge is 0.164 e. The van der Waals surface area contributed by atoms with Crippen LogP contribution in [0.4, 0.5) is 0 Å². The molecule has 0 aliphatic carbocycles. The summed E-state index contributed by atoms with van der Waals surface area (Å²) in [6, 6.07) is 63.4. The normalized spacial score (nSPS) is 11.7. The average molecular weight is 691 g/mol. The molecular weight excluding hydrogens is 661 g/mol. The van der Waals surface area contributed by atoms with Gasteiger partial charge in [-0.25, -0.2) is 15.0 Å². The van der Waals surface area contributed by atoms with E-state index in [-0.39, 0.29) is 0 Å². The van der Waals surface area contributed by atoms with Crippen molar-refractivity contribution in [2.24, 2.45) is 0 Å². The highest BCUT2D eigenvalue weighted by Gasteiger charge is 2.22. The molecule has 0 fully saturated rings. The van der Waals surface area contributed by atoms with Gasteiger partial charge >= 0.3 is 0 Å². The van der Waals surface area contributed by atoms with E-state index in [0.717, 1.165) is 60.9 Å². The molecule has 0 aliphatic rings. The van der Waals surface area contributed by atoms with E-state index in [1.54, 1.807) is 0 Å². The fourth-order valence-corrected chi connectivity index (χ4v) is 7.85. The molecule has 0 aliphatic heterocycles. The Bertz CT molecular complexity index is 3140. The summed E-state index contributed by atoms with van der Waals surface area (Å²) in [5, 5.41) is 6.84. The number of nitrogens with zero attached hydrogens (tertiary/aromatic N) is 4. The van der Waals surface area contributed by atoms with E-state index < -0.39 is 0 Å². The van der Waals surface area contributed by atoms with Crippen LogP contribution in [0.3, 0.4) is 0 Å². The van der Waals surface area contributed by atoms with Gasteiger partial charge in [0.2, 0.25) is 0 Å². The van der Waals surface area contributed by atoms with Crippen molar-refractivity contribution < 1.29 is 4.42 Å². The standard InChI is InChI=1S/C49H30N4O/c1-4-14-31(15-5-1)36-24-25-38-40-26-34-20-10-11-21-35(34)27-42(40)53(41(38)28-36)43-29-37(30-45-46(43)39-22-12-13-23-44(39)54-45)49-51-47(32-16-6-2-7-17-32)50-48(52-49)33-18-8-3-9-19-33/h1-30H. The predicted molar refractivity (Wildman–Crippen MR) is 221 cm³/mol. The number of furan rings is 1. The molecule has 0 amide bonds. The molecule has 0 saturated carbocycles. The van der Waals surface area contributed by atoms with Crippen molar-refractivity contribution >= 4 is 54.5 Å². The van der Waals surface area contributed by atoms with Crippen molar-refractivity contribution in [1.82, 2.24) is 19.5 Å². The van der Waals surface area contributed by atoms with Crippen LogP contribution in [-0.4, -0.2) is 19.5 Å². The van der Waals surface area contributed by atoms with Crippen LogP contribution in [0.15, 0.2) is 186 Å². The van der Waals surface area contributed by atoms with Crippen molar-refractivity contribution in [1.29, 1.82) is 0 Å². The maximum absolute atomic E-state index is 6.69. The fraction of sp³-hybridized carbons (Fsp3) is 0. The molecule has 0 unspecified atom stereocenters. The van der Waals surface area contributed by atoms with Gasteiger partial charge in [0.1, 0.15) is 11.2 Å². The summed E-state index contributed by atoms with van der Waals surface area (Å²) in [4.78, 5) is 15.2. The predicted octanol–water partition coefficient (Wildman–Crippen LogP) is 12.7. The third-order valence-corrected chi connectivity index (χ3v) is 10.4. The lowest BCUT2D eigenvalue weighted by Gasteiger charge is -2.14. The lowest BCUT2D eigenvalue weighted by molar-refractivity contribution is 0.669. The molecule has 3 aromatic heterocycles. The minimum Gasteiger partial charge on any atom is -0.456 e. The first-order valence-corrected chi connectivity index (χ1v) is 18.1. The molecule has 54 heavy (non-hydrogen) atoms. The van der Waals surface area contributed by atoms with Gasteiger partial charge in [-0.1, -0.05) is 146 Å². The Kier molecular flexibility index (Phi) is 6.79. The van der Waals surface area contributed by atoms with Crippen LogP contribution in [0.5, 0.6) is 0 Å². The van der Waals surface area contributed by atoms with Crippen molar-refractivity contribution in [2.75, 3.05) is 0 Å². The van der Waals surface area contributed by atoms with Gasteiger partial charge in [0.25, 0.3) is 0 Å². The van der Waals surface area contributed by atoms with Gasteiger partial charge in [0.15, 0.2) is 17.5 Å². The molecule has 0 spiro atoms. The molecule has 0 bridgehead atoms. The highest BCUT2D eigenvalue weighted by Crippen LogP contribution is 2.42. The van der Waals surface area contributed by atoms with Crippen molar-refractivity contribution in [2.45, 2.75) is 0 Å². The molecule has 11 aromatic rings. The van der Waals surface area contributed by atoms with Gasteiger partial charge in [-0.3, -0.25) is 0 Å². The van der Waals surface area contributed by atoms with Gasteiger partial charge in [-0.05, 0) is 58.3 Å². The van der Waals surface area contributed by atoms with Crippen LogP contribution in [0.2, 0.25) is 0 Å². The zero-order valence-corrected chi connectivity index (χ0v) is 29.0. The molecule has 0 atom stereocenters. The number of hydrogen-bond acceptors (Lipinski definition) is 4. The summed E-state index contributed by atoms with van der Waals surface area (Å²) in [7, 11) is 0. The Morgan fingerprint density at radius 3 is 1.59 bits per heavy atom. The average Bonchev–Trinajstić information content (AvgIpc) is 3.78. The molecule has 5 heteroatoms. The summed E-state index contributed by atoms with van der Waals surface area (Å²) >= 11 is 0. The topological polar surface area (TPSA) is 56.7 Å². The summed E-state index contributed by atoms with van der Waals surface area (Å²) in [6.45, 7) is 0. The molecule has 0 saturated heterocycles. The summed E-state index contributed by atoms with van der Waals surface area (Å²) in [6.07, 6.45) is 0. The van der Waals surface area contributed by atoms with Crippen molar-refractivity contribution in [3.63, 3.8) is 0 Å². The van der Waals surface area contributed by atoms with Gasteiger partial charge in [-0.15, -0.1) is 0 Å². The largest absolute Gasteiger partial charge is 0.456 e. The lowest BCUT2D eigenvalue weighted by Crippen LogP contribution is -2.01. The van der Waals surface area contributed by atoms with Gasteiger partial charge in [0, 0.05) is 32.8 Å². The number of rotatable bonds is 5. The summed E-state index contributed by atoms with van der Waals surface area (Å²) in [5.74, 6) is 1.80. The van der Waals surface area contributed by atoms with Crippen LogP contribution in [-0.2, 0) is 0 Å². The zero-order valence-electron chi connectivity index (χ0n) is 29.0. The first-order chi connectivity index (χ1) is 26.7. The molecule has 11 rings (SSSR count). The van der Waals surface area contributed by atoms with Crippen LogP contribution in [0.1, 0.15) is 0 Å². The Morgan fingerprint density at radius 2 is 0.907 bits per heavy atom. The number of benzene rings is 8. The zero-order chi connectivity index (χ0) is 35.6. The monoisotopic (exact) mass is 690 g/mol. The fourth-order valence-electron chi connectivity index (χ4n) is 7.85. The minimum absolute atomic E-state index is 0.572. The van der Waals surface area contributed by atoms with Gasteiger partial charge in [-0.2, -0.15) is 0 Å². The third-order valence-electron chi connectivity index (χ3n) is 10.4. The van der Waals surface area contributed by atoms with Crippen LogP contribution >= 0.6 is 0 Å². The number of fused-ring (bicyclic) bond motifs is 7. The Balaban J connectivity index is 1.26. The van der Waals surface area contributed by atoms with Crippen molar-refractivity contribution in [3.05, 3.63) is 182 Å². The number of hydrogen-bond donors (Lipinski definition) is 0. The van der Waals surface area contributed by atoms with Crippen LogP contribution in [0, 0.1) is 0 Å². The van der Waals surface area contributed by atoms with Gasteiger partial charge in [0.05, 0.1) is 22.1 Å². The molecule has 0 N–H and O–H groups in total. The van der Waals surface area contributed by atoms with E-state index in [4.69, 9.17) is 19.4 Å². The van der Waals surface area contributed by atoms with E-state index >= 15 is 0 Å². The highest BCUT2D eigenvalue weighted by atomic mass is 16.3. The summed E-state index contributed by atoms with van der Waals surface area (Å²) < 4.78 is 9.10. The Labute approximate surface area is 310 Å². The molecule has 5 nitrogen and oxygen atoms in total. The maximum Gasteiger partial charge on any atom is 0.164 e. The second-order valence-corrected chi connectivity index (χ2v) is 13.7. The van der Waals surface area contributed by atoms with E-state index in [2.05, 4.69) is 114 Å². The van der Waals surface area contributed by atoms with Crippen molar-refractivity contribution in [3.8, 4) is 51.0 Å². The van der Waals surface area contributed by atoms with Crippen LogP contribution < -0.4 is 0 Å². The number of para-hydroxylation sites is 1. The third kappa shape index (κ3) is 4.90. The minimum atomic E-state index is 0.572. The molecular formula is C49H30N4O. The maximum atomic E-state index is 6.69.